The molecule has 1 heterocycles. The molecular formula is C45H30N2O3. The summed E-state index contributed by atoms with van der Waals surface area (Å²) in [5, 5.41) is 3.46. The van der Waals surface area contributed by atoms with E-state index in [0.29, 0.717) is 51.0 Å². The quantitative estimate of drug-likeness (QED) is 0.207. The lowest BCUT2D eigenvalue weighted by Crippen LogP contribution is -2.28. The molecule has 0 atom stereocenters. The minimum absolute atomic E-state index is 0.0682. The van der Waals surface area contributed by atoms with E-state index in [2.05, 4.69) is 5.32 Å². The second kappa shape index (κ2) is 13.3. The van der Waals surface area contributed by atoms with Crippen molar-refractivity contribution in [3.63, 3.8) is 0 Å². The maximum absolute atomic E-state index is 14.0. The van der Waals surface area contributed by atoms with Gasteiger partial charge in [0.05, 0.1) is 0 Å². The summed E-state index contributed by atoms with van der Waals surface area (Å²) in [6.07, 6.45) is 7.49. The summed E-state index contributed by atoms with van der Waals surface area (Å²) < 4.78 is 6.56. The van der Waals surface area contributed by atoms with E-state index in [9.17, 15) is 9.59 Å². The molecule has 0 bridgehead atoms. The van der Waals surface area contributed by atoms with Crippen LogP contribution in [0.15, 0.2) is 204 Å². The van der Waals surface area contributed by atoms with Crippen LogP contribution >= 0.6 is 0 Å². The number of hydrogen-bond acceptors (Lipinski definition) is 5. The van der Waals surface area contributed by atoms with Crippen molar-refractivity contribution < 1.29 is 14.3 Å². The molecule has 5 heteroatoms. The van der Waals surface area contributed by atoms with Gasteiger partial charge in [-0.25, -0.2) is 0 Å². The highest BCUT2D eigenvalue weighted by Gasteiger charge is 2.29. The second-order valence-corrected chi connectivity index (χ2v) is 12.0. The first kappa shape index (κ1) is 30.5. The van der Waals surface area contributed by atoms with Crippen LogP contribution in [0.25, 0.3) is 22.3 Å². The van der Waals surface area contributed by atoms with Crippen LogP contribution in [0, 0.1) is 0 Å². The van der Waals surface area contributed by atoms with Crippen LogP contribution in [0.2, 0.25) is 0 Å². The summed E-state index contributed by atoms with van der Waals surface area (Å²) in [6, 6.07) is 48.3. The Labute approximate surface area is 290 Å². The van der Waals surface area contributed by atoms with Crippen LogP contribution in [0.3, 0.4) is 0 Å². The maximum Gasteiger partial charge on any atom is 0.230 e. The summed E-state index contributed by atoms with van der Waals surface area (Å²) in [6.45, 7) is 0. The monoisotopic (exact) mass is 646 g/mol. The van der Waals surface area contributed by atoms with Crippen molar-refractivity contribution in [2.24, 2.45) is 4.99 Å². The Morgan fingerprint density at radius 1 is 0.400 bits per heavy atom. The molecule has 5 aromatic carbocycles. The van der Waals surface area contributed by atoms with E-state index in [1.54, 1.807) is 0 Å². The zero-order chi connectivity index (χ0) is 33.9. The first-order chi connectivity index (χ1) is 24.6. The third-order valence-electron chi connectivity index (χ3n) is 8.72. The molecule has 5 aromatic rings. The molecule has 0 saturated carbocycles. The average Bonchev–Trinajstić information content (AvgIpc) is 3.19. The van der Waals surface area contributed by atoms with Crippen molar-refractivity contribution in [1.82, 2.24) is 5.32 Å². The van der Waals surface area contributed by atoms with Crippen LogP contribution in [0.5, 0.6) is 0 Å². The minimum Gasteiger partial charge on any atom is -0.421 e. The standard InChI is InChI=1S/C45H30N2O3/c48-41-37(30-16-6-1-7-17-30)26-35(27-38(41)31-18-8-2-9-19-31)43-46-44(34-24-14-5-15-25-34)50-45(47-43)36-28-39(32-20-10-3-11-21-32)42(49)40(29-36)33-22-12-4-13-23-33/h1-29,47H. The largest absolute Gasteiger partial charge is 0.421 e. The number of rotatable bonds is 5. The number of Topliss-reactive ketones (excluding diaryl/α,β-unsaturated/α-hetero) is 2. The predicted octanol–water partition coefficient (Wildman–Crippen LogP) is 8.98. The van der Waals surface area contributed by atoms with Gasteiger partial charge in [-0.2, -0.15) is 4.99 Å². The van der Waals surface area contributed by atoms with Crippen LogP contribution in [-0.2, 0) is 14.3 Å². The SMILES string of the molecule is O=C1C(c2ccccc2)=CC(=C2N=C(c3ccccc3)OC(=C3C=C(c4ccccc4)C(=O)C(c4ccccc4)=C3)N2)C=C1c1ccccc1. The smallest absolute Gasteiger partial charge is 0.230 e. The van der Waals surface area contributed by atoms with Crippen LogP contribution in [-0.4, -0.2) is 17.5 Å². The Bertz CT molecular complexity index is 2220. The molecule has 1 aliphatic heterocycles. The number of ether oxygens (including phenoxy) is 1. The average molecular weight is 647 g/mol. The highest BCUT2D eigenvalue weighted by atomic mass is 16.5. The molecule has 1 N–H and O–H groups in total. The van der Waals surface area contributed by atoms with Gasteiger partial charge in [0.2, 0.25) is 11.8 Å². The molecule has 0 spiro atoms. The maximum atomic E-state index is 14.0. The predicted molar refractivity (Wildman–Crippen MR) is 199 cm³/mol. The van der Waals surface area contributed by atoms with Gasteiger partial charge in [-0.1, -0.05) is 140 Å². The molecule has 0 amide bonds. The third-order valence-corrected chi connectivity index (χ3v) is 8.72. The molecule has 5 nitrogen and oxygen atoms in total. The lowest BCUT2D eigenvalue weighted by Gasteiger charge is -2.26. The fourth-order valence-electron chi connectivity index (χ4n) is 6.21. The number of ketones is 2. The Morgan fingerprint density at radius 3 is 1.08 bits per heavy atom. The van der Waals surface area contributed by atoms with Gasteiger partial charge in [-0.15, -0.1) is 0 Å². The molecule has 238 valence electrons. The molecular weight excluding hydrogens is 617 g/mol. The fraction of sp³-hybridized carbons (Fsp3) is 0. The number of hydrogen-bond donors (Lipinski definition) is 1. The topological polar surface area (TPSA) is 67.8 Å². The van der Waals surface area contributed by atoms with Gasteiger partial charge < -0.3 is 10.1 Å². The van der Waals surface area contributed by atoms with E-state index in [1.807, 2.05) is 176 Å². The molecule has 2 aliphatic carbocycles. The van der Waals surface area contributed by atoms with E-state index in [4.69, 9.17) is 9.73 Å². The van der Waals surface area contributed by atoms with Gasteiger partial charge in [-0.05, 0) is 58.7 Å². The van der Waals surface area contributed by atoms with Crippen molar-refractivity contribution in [3.05, 3.63) is 227 Å². The number of carbonyl (C=O) groups excluding carboxylic acids is 2. The Morgan fingerprint density at radius 2 is 0.720 bits per heavy atom. The van der Waals surface area contributed by atoms with Gasteiger partial charge in [-0.3, -0.25) is 9.59 Å². The summed E-state index contributed by atoms with van der Waals surface area (Å²) in [5.74, 6) is 1.16. The lowest BCUT2D eigenvalue weighted by molar-refractivity contribution is -0.109. The van der Waals surface area contributed by atoms with Crippen molar-refractivity contribution in [2.75, 3.05) is 0 Å². The fourth-order valence-corrected chi connectivity index (χ4v) is 6.21. The number of benzene rings is 5. The first-order valence-corrected chi connectivity index (χ1v) is 16.4. The third kappa shape index (κ3) is 6.00. The van der Waals surface area contributed by atoms with Crippen LogP contribution in [0.4, 0.5) is 0 Å². The normalized spacial score (nSPS) is 16.0. The first-order valence-electron chi connectivity index (χ1n) is 16.4. The Kier molecular flexibility index (Phi) is 8.13. The summed E-state index contributed by atoms with van der Waals surface area (Å²) in [4.78, 5) is 33.0. The Balaban J connectivity index is 1.36. The summed E-state index contributed by atoms with van der Waals surface area (Å²) >= 11 is 0. The zero-order valence-corrected chi connectivity index (χ0v) is 26.9. The minimum atomic E-state index is -0.0743. The molecule has 0 fully saturated rings. The summed E-state index contributed by atoms with van der Waals surface area (Å²) in [7, 11) is 0. The van der Waals surface area contributed by atoms with Crippen molar-refractivity contribution >= 4 is 39.8 Å². The molecule has 0 radical (unpaired) electrons. The number of allylic oxidation sites excluding steroid dienone is 10. The summed E-state index contributed by atoms with van der Waals surface area (Å²) in [5.41, 5.74) is 7.64. The molecule has 0 unspecified atom stereocenters. The van der Waals surface area contributed by atoms with Crippen molar-refractivity contribution in [2.45, 2.75) is 0 Å². The lowest BCUT2D eigenvalue weighted by atomic mass is 9.85. The van der Waals surface area contributed by atoms with Gasteiger partial charge >= 0.3 is 0 Å². The molecule has 50 heavy (non-hydrogen) atoms. The number of carbonyl (C=O) groups is 2. The van der Waals surface area contributed by atoms with Gasteiger partial charge in [0.15, 0.2) is 11.6 Å². The Hall–Kier alpha value is -6.85. The van der Waals surface area contributed by atoms with Gasteiger partial charge in [0.25, 0.3) is 0 Å². The number of nitrogens with one attached hydrogen (secondary N) is 1. The molecule has 0 aromatic heterocycles. The van der Waals surface area contributed by atoms with Crippen LogP contribution < -0.4 is 5.32 Å². The zero-order valence-electron chi connectivity index (χ0n) is 26.9. The highest BCUT2D eigenvalue weighted by Crippen LogP contribution is 2.36. The van der Waals surface area contributed by atoms with Gasteiger partial charge in [0, 0.05) is 39.0 Å². The van der Waals surface area contributed by atoms with E-state index in [1.165, 1.54) is 0 Å². The van der Waals surface area contributed by atoms with Crippen molar-refractivity contribution in [3.8, 4) is 0 Å². The van der Waals surface area contributed by atoms with Gasteiger partial charge in [0.1, 0.15) is 5.82 Å². The second-order valence-electron chi connectivity index (χ2n) is 12.0. The van der Waals surface area contributed by atoms with E-state index < -0.39 is 0 Å². The van der Waals surface area contributed by atoms with E-state index >= 15 is 0 Å². The molecule has 8 rings (SSSR count). The number of aliphatic imine (C=N–C) groups is 1. The van der Waals surface area contributed by atoms with E-state index in [0.717, 1.165) is 27.8 Å². The van der Waals surface area contributed by atoms with E-state index in [-0.39, 0.29) is 11.6 Å². The highest BCUT2D eigenvalue weighted by molar-refractivity contribution is 6.44. The molecule has 3 aliphatic rings. The molecule has 0 saturated heterocycles. The van der Waals surface area contributed by atoms with Crippen molar-refractivity contribution in [1.29, 1.82) is 0 Å². The van der Waals surface area contributed by atoms with Crippen LogP contribution in [0.1, 0.15) is 27.8 Å². The number of nitrogens with zero attached hydrogens (tertiary/aromatic N) is 1.